The number of tetrazole rings is 1. The fourth-order valence-electron chi connectivity index (χ4n) is 3.88. The molecule has 35 heavy (non-hydrogen) atoms. The lowest BCUT2D eigenvalue weighted by atomic mass is 10.0. The molecule has 0 bridgehead atoms. The molecule has 2 amide bonds. The number of aryl methyl sites for hydroxylation is 2. The number of aromatic nitrogens is 5. The van der Waals surface area contributed by atoms with Gasteiger partial charge in [0.1, 0.15) is 11.6 Å². The lowest BCUT2D eigenvalue weighted by Gasteiger charge is -2.23. The fraction of sp³-hybridized carbons (Fsp3) is 0.320. The number of nitrogens with one attached hydrogen (secondary N) is 2. The molecule has 0 fully saturated rings. The number of rotatable bonds is 6. The van der Waals surface area contributed by atoms with Crippen molar-refractivity contribution in [3.8, 4) is 5.69 Å². The van der Waals surface area contributed by atoms with Gasteiger partial charge in [0.2, 0.25) is 5.91 Å². The minimum absolute atomic E-state index is 0.290. The number of fused-ring (bicyclic) bond motifs is 1. The van der Waals surface area contributed by atoms with Gasteiger partial charge in [-0.25, -0.2) is 4.79 Å². The summed E-state index contributed by atoms with van der Waals surface area (Å²) in [6.45, 7) is 7.12. The molecule has 2 aromatic heterocycles. The average molecular weight is 476 g/mol. The molecule has 0 aliphatic carbocycles. The second-order valence-electron chi connectivity index (χ2n) is 9.36. The number of carbonyl (C=O) groups is 2. The number of hydrogen-bond acceptors (Lipinski definition) is 6. The van der Waals surface area contributed by atoms with E-state index >= 15 is 0 Å². The Morgan fingerprint density at radius 3 is 2.60 bits per heavy atom. The number of carbonyl (C=O) groups excluding carboxylic acids is 2. The van der Waals surface area contributed by atoms with Gasteiger partial charge in [-0.3, -0.25) is 4.79 Å². The molecule has 0 spiro atoms. The van der Waals surface area contributed by atoms with E-state index in [0.29, 0.717) is 17.2 Å². The molecule has 4 rings (SSSR count). The summed E-state index contributed by atoms with van der Waals surface area (Å²) in [7, 11) is 1.95. The zero-order chi connectivity index (χ0) is 25.2. The van der Waals surface area contributed by atoms with Gasteiger partial charge in [0, 0.05) is 36.3 Å². The molecule has 2 aromatic carbocycles. The van der Waals surface area contributed by atoms with E-state index in [2.05, 4.69) is 26.2 Å². The van der Waals surface area contributed by atoms with Gasteiger partial charge < -0.3 is 19.9 Å². The van der Waals surface area contributed by atoms with E-state index < -0.39 is 17.7 Å². The minimum Gasteiger partial charge on any atom is -0.444 e. The standard InChI is InChI=1S/C25H29N7O3/c1-16-28-29-30-32(16)19-10-8-9-18(14-19)26-23(33)21(27-24(34)35-25(2,3)4)13-17-15-31(5)22-12-7-6-11-20(17)22/h6-12,14-15,21H,13H2,1-5H3,(H,26,33)(H,27,34)/t21-/m1/s1. The summed E-state index contributed by atoms with van der Waals surface area (Å²) in [5.74, 6) is 0.253. The van der Waals surface area contributed by atoms with E-state index in [4.69, 9.17) is 4.74 Å². The Morgan fingerprint density at radius 1 is 1.11 bits per heavy atom. The van der Waals surface area contributed by atoms with Crippen LogP contribution >= 0.6 is 0 Å². The average Bonchev–Trinajstić information content (AvgIpc) is 3.35. The third-order valence-electron chi connectivity index (χ3n) is 5.39. The van der Waals surface area contributed by atoms with Crippen LogP contribution in [0, 0.1) is 6.92 Å². The molecule has 10 heteroatoms. The van der Waals surface area contributed by atoms with Crippen molar-refractivity contribution in [1.82, 2.24) is 30.1 Å². The summed E-state index contributed by atoms with van der Waals surface area (Å²) in [4.78, 5) is 26.0. The fourth-order valence-corrected chi connectivity index (χ4v) is 3.88. The molecule has 2 N–H and O–H groups in total. The van der Waals surface area contributed by atoms with Crippen LogP contribution in [0.2, 0.25) is 0 Å². The molecule has 0 radical (unpaired) electrons. The highest BCUT2D eigenvalue weighted by Gasteiger charge is 2.26. The van der Waals surface area contributed by atoms with Crippen molar-refractivity contribution in [1.29, 1.82) is 0 Å². The van der Waals surface area contributed by atoms with E-state index in [0.717, 1.165) is 16.5 Å². The van der Waals surface area contributed by atoms with Crippen LogP contribution in [0.4, 0.5) is 10.5 Å². The number of nitrogens with zero attached hydrogens (tertiary/aromatic N) is 5. The highest BCUT2D eigenvalue weighted by atomic mass is 16.6. The summed E-state index contributed by atoms with van der Waals surface area (Å²) in [5, 5.41) is 18.2. The van der Waals surface area contributed by atoms with Gasteiger partial charge in [0.15, 0.2) is 5.82 Å². The van der Waals surface area contributed by atoms with Crippen LogP contribution in [0.1, 0.15) is 32.2 Å². The number of amides is 2. The van der Waals surface area contributed by atoms with Gasteiger partial charge in [-0.2, -0.15) is 4.68 Å². The molecule has 182 valence electrons. The van der Waals surface area contributed by atoms with Crippen molar-refractivity contribution in [3.05, 3.63) is 66.1 Å². The zero-order valence-electron chi connectivity index (χ0n) is 20.4. The lowest BCUT2D eigenvalue weighted by Crippen LogP contribution is -2.47. The summed E-state index contributed by atoms with van der Waals surface area (Å²) in [5.41, 5.74) is 2.55. The van der Waals surface area contributed by atoms with E-state index in [-0.39, 0.29) is 12.3 Å². The van der Waals surface area contributed by atoms with Crippen LogP contribution in [0.3, 0.4) is 0 Å². The Balaban J connectivity index is 1.59. The van der Waals surface area contributed by atoms with Crippen molar-refractivity contribution in [2.75, 3.05) is 5.32 Å². The molecule has 1 atom stereocenters. The first-order valence-corrected chi connectivity index (χ1v) is 11.3. The second kappa shape index (κ2) is 9.57. The quantitative estimate of drug-likeness (QED) is 0.441. The lowest BCUT2D eigenvalue weighted by molar-refractivity contribution is -0.118. The van der Waals surface area contributed by atoms with Crippen LogP contribution in [-0.4, -0.2) is 48.4 Å². The number of hydrogen-bond donors (Lipinski definition) is 2. The highest BCUT2D eigenvalue weighted by Crippen LogP contribution is 2.22. The maximum Gasteiger partial charge on any atom is 0.408 e. The van der Waals surface area contributed by atoms with Crippen LogP contribution in [0.25, 0.3) is 16.6 Å². The molecular weight excluding hydrogens is 446 g/mol. The molecule has 4 aromatic rings. The van der Waals surface area contributed by atoms with Gasteiger partial charge in [-0.05, 0) is 68.0 Å². The first kappa shape index (κ1) is 23.9. The first-order valence-electron chi connectivity index (χ1n) is 11.3. The molecule has 0 unspecified atom stereocenters. The summed E-state index contributed by atoms with van der Waals surface area (Å²) < 4.78 is 9.00. The minimum atomic E-state index is -0.867. The Morgan fingerprint density at radius 2 is 1.89 bits per heavy atom. The molecular formula is C25H29N7O3. The number of alkyl carbamates (subject to hydrolysis) is 1. The van der Waals surface area contributed by atoms with Crippen LogP contribution in [-0.2, 0) is 23.0 Å². The monoisotopic (exact) mass is 475 g/mol. The zero-order valence-corrected chi connectivity index (χ0v) is 20.4. The number of para-hydroxylation sites is 1. The summed E-state index contributed by atoms with van der Waals surface area (Å²) in [6, 6.07) is 14.2. The van der Waals surface area contributed by atoms with Crippen molar-refractivity contribution in [2.24, 2.45) is 7.05 Å². The van der Waals surface area contributed by atoms with Crippen molar-refractivity contribution < 1.29 is 14.3 Å². The van der Waals surface area contributed by atoms with E-state index in [1.807, 2.05) is 48.1 Å². The van der Waals surface area contributed by atoms with E-state index in [1.54, 1.807) is 50.6 Å². The van der Waals surface area contributed by atoms with Gasteiger partial charge in [0.05, 0.1) is 5.69 Å². The highest BCUT2D eigenvalue weighted by molar-refractivity contribution is 5.97. The summed E-state index contributed by atoms with van der Waals surface area (Å²) in [6.07, 6.45) is 1.61. The largest absolute Gasteiger partial charge is 0.444 e. The second-order valence-corrected chi connectivity index (χ2v) is 9.36. The Kier molecular flexibility index (Phi) is 6.54. The van der Waals surface area contributed by atoms with Gasteiger partial charge >= 0.3 is 6.09 Å². The van der Waals surface area contributed by atoms with Crippen molar-refractivity contribution >= 4 is 28.6 Å². The third kappa shape index (κ3) is 5.65. The number of anilines is 1. The maximum atomic E-state index is 13.4. The predicted molar refractivity (Wildman–Crippen MR) is 132 cm³/mol. The Bertz CT molecular complexity index is 1370. The Labute approximate surface area is 203 Å². The molecule has 2 heterocycles. The van der Waals surface area contributed by atoms with Crippen LogP contribution in [0.15, 0.2) is 54.7 Å². The smallest absolute Gasteiger partial charge is 0.408 e. The van der Waals surface area contributed by atoms with Crippen molar-refractivity contribution in [2.45, 2.75) is 45.8 Å². The van der Waals surface area contributed by atoms with Gasteiger partial charge in [-0.1, -0.05) is 24.3 Å². The summed E-state index contributed by atoms with van der Waals surface area (Å²) >= 11 is 0. The molecule has 10 nitrogen and oxygen atoms in total. The normalized spacial score (nSPS) is 12.4. The third-order valence-corrected chi connectivity index (χ3v) is 5.39. The Hall–Kier alpha value is -4.21. The predicted octanol–water partition coefficient (Wildman–Crippen LogP) is 3.54. The van der Waals surface area contributed by atoms with Crippen LogP contribution in [0.5, 0.6) is 0 Å². The van der Waals surface area contributed by atoms with Gasteiger partial charge in [0.25, 0.3) is 0 Å². The van der Waals surface area contributed by atoms with Crippen LogP contribution < -0.4 is 10.6 Å². The number of ether oxygens (including phenoxy) is 1. The van der Waals surface area contributed by atoms with E-state index in [9.17, 15) is 9.59 Å². The number of benzene rings is 2. The first-order chi connectivity index (χ1) is 16.6. The van der Waals surface area contributed by atoms with Gasteiger partial charge in [-0.15, -0.1) is 5.10 Å². The molecule has 0 aliphatic heterocycles. The molecule has 0 saturated heterocycles. The molecule has 0 aliphatic rings. The molecule has 0 saturated carbocycles. The van der Waals surface area contributed by atoms with Crippen molar-refractivity contribution in [3.63, 3.8) is 0 Å². The van der Waals surface area contributed by atoms with E-state index in [1.165, 1.54) is 0 Å². The topological polar surface area (TPSA) is 116 Å². The maximum absolute atomic E-state index is 13.4. The SMILES string of the molecule is Cc1nnnn1-c1cccc(NC(=O)[C@@H](Cc2cn(C)c3ccccc23)NC(=O)OC(C)(C)C)c1.